The van der Waals surface area contributed by atoms with E-state index in [1.54, 1.807) is 0 Å². The Balaban J connectivity index is 1.05. The maximum Gasteiger partial charge on any atom is 0.129 e. The highest BCUT2D eigenvalue weighted by molar-refractivity contribution is 6.13. The first-order chi connectivity index (χ1) is 41.5. The molecule has 11 aromatic rings. The summed E-state index contributed by atoms with van der Waals surface area (Å²) >= 11 is 0. The lowest BCUT2D eigenvalue weighted by Crippen LogP contribution is -2.10. The van der Waals surface area contributed by atoms with Crippen LogP contribution in [0.15, 0.2) is 218 Å². The lowest BCUT2D eigenvalue weighted by atomic mass is 9.97. The molecule has 0 radical (unpaired) electrons. The zero-order valence-electron chi connectivity index (χ0n) is 48.3. The number of hydrogen-bond acceptors (Lipinski definition) is 6. The predicted octanol–water partition coefficient (Wildman–Crippen LogP) is 19.6. The maximum absolute atomic E-state index is 7.01. The predicted molar refractivity (Wildman–Crippen MR) is 345 cm³/mol. The van der Waals surface area contributed by atoms with E-state index in [2.05, 4.69) is 256 Å². The topological polar surface area (TPSA) is 94.3 Å². The standard InChI is InChI=1S/C76H70N4O4/c1-5-49(53-25-13-9-14-26-53)45-81-69-37-21-33-57-61-42-66-75-59(35-23-39-71(75)83-47-51(7-3)55-29-17-11-18-30-55)63(79-66)44-68-76-60(36-24-40-72(76)84-48-52(8-4)56-31-19-12-20-32-56)64(80-68)43-67-74-58(62(78-67)41-65(77-61)73(57)69)34-22-38-70(74)82-46-50(6-2)54-27-15-10-16-28-54/h9-44,49-52,77,80H,5-8,45-48H2,1-4H3. The van der Waals surface area contributed by atoms with Gasteiger partial charge in [0.2, 0.25) is 0 Å². The first kappa shape index (κ1) is 53.9. The molecule has 13 rings (SSSR count). The highest BCUT2D eigenvalue weighted by Crippen LogP contribution is 2.47. The van der Waals surface area contributed by atoms with Crippen LogP contribution in [0.3, 0.4) is 0 Å². The quantitative estimate of drug-likeness (QED) is 0.0790. The van der Waals surface area contributed by atoms with Gasteiger partial charge in [-0.1, -0.05) is 198 Å². The molecule has 8 nitrogen and oxygen atoms in total. The van der Waals surface area contributed by atoms with Crippen molar-refractivity contribution in [3.8, 4) is 68.0 Å². The lowest BCUT2D eigenvalue weighted by Gasteiger charge is -2.18. The van der Waals surface area contributed by atoms with Crippen molar-refractivity contribution in [2.45, 2.75) is 77.0 Å². The first-order valence-electron chi connectivity index (χ1n) is 30.0. The Morgan fingerprint density at radius 1 is 0.310 bits per heavy atom. The molecule has 2 aliphatic heterocycles. The van der Waals surface area contributed by atoms with Gasteiger partial charge < -0.3 is 28.9 Å². The highest BCUT2D eigenvalue weighted by atomic mass is 16.5. The molecule has 0 saturated heterocycles. The largest absolute Gasteiger partial charge is 0.492 e. The number of aromatic nitrogens is 4. The van der Waals surface area contributed by atoms with Crippen LogP contribution < -0.4 is 18.9 Å². The minimum absolute atomic E-state index is 0.203. The van der Waals surface area contributed by atoms with Gasteiger partial charge in [-0.3, -0.25) is 0 Å². The molecule has 0 amide bonds. The number of fused-ring (bicyclic) bond motifs is 20. The Kier molecular flexibility index (Phi) is 15.5. The minimum atomic E-state index is 0.203. The van der Waals surface area contributed by atoms with Crippen molar-refractivity contribution in [3.05, 3.63) is 241 Å². The Bertz CT molecular complexity index is 4010. The van der Waals surface area contributed by atoms with Crippen molar-refractivity contribution in [2.24, 2.45) is 0 Å². The third-order valence-electron chi connectivity index (χ3n) is 17.2. The smallest absolute Gasteiger partial charge is 0.129 e. The summed E-state index contributed by atoms with van der Waals surface area (Å²) in [6.07, 6.45) is 3.74. The van der Waals surface area contributed by atoms with Crippen LogP contribution in [-0.2, 0) is 0 Å². The number of ether oxygens (including phenoxy) is 4. The van der Waals surface area contributed by atoms with Crippen molar-refractivity contribution in [1.82, 2.24) is 19.9 Å². The van der Waals surface area contributed by atoms with Crippen LogP contribution in [0.25, 0.3) is 88.6 Å². The average Bonchev–Trinajstić information content (AvgIpc) is 3.34. The van der Waals surface area contributed by atoms with Crippen LogP contribution in [-0.4, -0.2) is 46.4 Å². The fourth-order valence-electron chi connectivity index (χ4n) is 12.5. The molecule has 4 unspecified atom stereocenters. The van der Waals surface area contributed by atoms with Gasteiger partial charge in [0.1, 0.15) is 23.0 Å². The van der Waals surface area contributed by atoms with Crippen LogP contribution in [0.2, 0.25) is 0 Å². The monoisotopic (exact) mass is 1100 g/mol. The van der Waals surface area contributed by atoms with E-state index < -0.39 is 0 Å². The minimum Gasteiger partial charge on any atom is -0.492 e. The van der Waals surface area contributed by atoms with Gasteiger partial charge in [0.15, 0.2) is 0 Å². The summed E-state index contributed by atoms with van der Waals surface area (Å²) < 4.78 is 28.0. The molecule has 0 saturated carbocycles. The Morgan fingerprint density at radius 2 is 0.607 bits per heavy atom. The summed E-state index contributed by atoms with van der Waals surface area (Å²) in [4.78, 5) is 19.1. The summed E-state index contributed by atoms with van der Waals surface area (Å²) in [5.74, 6) is 3.97. The zero-order chi connectivity index (χ0) is 56.9. The number of benzene rings is 8. The van der Waals surface area contributed by atoms with Crippen molar-refractivity contribution in [2.75, 3.05) is 26.4 Å². The summed E-state index contributed by atoms with van der Waals surface area (Å²) in [7, 11) is 0. The van der Waals surface area contributed by atoms with E-state index in [0.29, 0.717) is 26.4 Å². The van der Waals surface area contributed by atoms with Gasteiger partial charge in [-0.05, 0) is 96.5 Å². The fraction of sp³-hybridized carbons (Fsp3) is 0.211. The highest BCUT2D eigenvalue weighted by Gasteiger charge is 2.27. The summed E-state index contributed by atoms with van der Waals surface area (Å²) in [5, 5.41) is 3.95. The second kappa shape index (κ2) is 24.2. The molecular weight excluding hydrogens is 1030 g/mol. The fourth-order valence-corrected chi connectivity index (χ4v) is 12.5. The molecular formula is C76H70N4O4. The SMILES string of the molecule is CCC(COc1cccc2c1-c1cc3[nH]c(cc4nc(cc5[nH]c(cc-2n1)c1c(OCC(CC)c2ccccc2)cccc51)-c1c(OCC(CC)c2ccccc2)cccc1-4)c1c(OCC(CC)c2ccccc2)cccc31)c1ccccc1. The van der Waals surface area contributed by atoms with E-state index in [-0.39, 0.29) is 23.7 Å². The van der Waals surface area contributed by atoms with Crippen LogP contribution >= 0.6 is 0 Å². The molecule has 0 fully saturated rings. The van der Waals surface area contributed by atoms with Crippen molar-refractivity contribution < 1.29 is 18.9 Å². The second-order valence-corrected chi connectivity index (χ2v) is 22.3. The Morgan fingerprint density at radius 3 is 0.940 bits per heavy atom. The van der Waals surface area contributed by atoms with Gasteiger partial charge in [-0.25, -0.2) is 9.97 Å². The summed E-state index contributed by atoms with van der Waals surface area (Å²) in [6, 6.07) is 76.9. The van der Waals surface area contributed by atoms with Crippen molar-refractivity contribution in [1.29, 1.82) is 0 Å². The molecule has 8 heteroatoms. The molecule has 3 aromatic heterocycles. The van der Waals surface area contributed by atoms with E-state index in [1.807, 2.05) is 0 Å². The molecule has 5 heterocycles. The Labute approximate surface area is 492 Å². The maximum atomic E-state index is 7.01. The zero-order valence-corrected chi connectivity index (χ0v) is 48.3. The summed E-state index contributed by atoms with van der Waals surface area (Å²) in [6.45, 7) is 11.0. The van der Waals surface area contributed by atoms with E-state index in [9.17, 15) is 0 Å². The van der Waals surface area contributed by atoms with Gasteiger partial charge in [-0.2, -0.15) is 0 Å². The van der Waals surface area contributed by atoms with Crippen molar-refractivity contribution >= 4 is 43.6 Å². The molecule has 4 atom stereocenters. The van der Waals surface area contributed by atoms with Crippen LogP contribution in [0.4, 0.5) is 0 Å². The normalized spacial score (nSPS) is 13.2. The number of H-pyrrole nitrogens is 2. The van der Waals surface area contributed by atoms with Gasteiger partial charge in [0.25, 0.3) is 0 Å². The molecule has 8 bridgehead atoms. The second-order valence-electron chi connectivity index (χ2n) is 22.3. The molecule has 418 valence electrons. The molecule has 84 heavy (non-hydrogen) atoms. The van der Waals surface area contributed by atoms with Crippen molar-refractivity contribution in [3.63, 3.8) is 0 Å². The van der Waals surface area contributed by atoms with Gasteiger partial charge in [-0.15, -0.1) is 0 Å². The van der Waals surface area contributed by atoms with E-state index in [4.69, 9.17) is 28.9 Å². The van der Waals surface area contributed by atoms with Crippen LogP contribution in [0, 0.1) is 0 Å². The Hall–Kier alpha value is -9.40. The third kappa shape index (κ3) is 10.7. The summed E-state index contributed by atoms with van der Waals surface area (Å²) in [5.41, 5.74) is 15.6. The van der Waals surface area contributed by atoms with Gasteiger partial charge >= 0.3 is 0 Å². The number of nitrogens with one attached hydrogen (secondary N) is 2. The number of aromatic amines is 2. The molecule has 2 N–H and O–H groups in total. The van der Waals surface area contributed by atoms with E-state index in [0.717, 1.165) is 137 Å². The number of hydrogen-bond donors (Lipinski definition) is 2. The number of rotatable bonds is 20. The lowest BCUT2D eigenvalue weighted by molar-refractivity contribution is 0.286. The average molecular weight is 1100 g/mol. The molecule has 2 aliphatic rings. The molecule has 0 aliphatic carbocycles. The van der Waals surface area contributed by atoms with E-state index >= 15 is 0 Å². The number of nitrogens with zero attached hydrogens (tertiary/aromatic N) is 2. The molecule has 8 aromatic carbocycles. The van der Waals surface area contributed by atoms with Gasteiger partial charge in [0, 0.05) is 67.4 Å². The van der Waals surface area contributed by atoms with Crippen LogP contribution in [0.5, 0.6) is 23.0 Å². The first-order valence-corrected chi connectivity index (χ1v) is 30.0. The van der Waals surface area contributed by atoms with E-state index in [1.165, 1.54) is 22.3 Å². The molecule has 0 spiro atoms. The van der Waals surface area contributed by atoms with Gasteiger partial charge in [0.05, 0.1) is 71.4 Å². The van der Waals surface area contributed by atoms with Crippen LogP contribution in [0.1, 0.15) is 99.3 Å². The third-order valence-corrected chi connectivity index (χ3v) is 17.2.